The standard InChI is InChI=1S/C15H30N2O3/c1-15(2,3)20-14(18)16-10-6-9-13(11-19-4)17-12-7-5-8-12/h12-13,17H,5-11H2,1-4H3,(H,16,18). The number of ether oxygens (including phenoxy) is 2. The van der Waals surface area contributed by atoms with Crippen molar-refractivity contribution in [2.75, 3.05) is 20.3 Å². The molecule has 1 aliphatic carbocycles. The fourth-order valence-electron chi connectivity index (χ4n) is 2.18. The second-order valence-corrected chi connectivity index (χ2v) is 6.52. The quantitative estimate of drug-likeness (QED) is 0.673. The van der Waals surface area contributed by atoms with Gasteiger partial charge in [0, 0.05) is 25.7 Å². The van der Waals surface area contributed by atoms with Crippen molar-refractivity contribution in [2.24, 2.45) is 0 Å². The molecule has 1 amide bonds. The monoisotopic (exact) mass is 286 g/mol. The number of hydrogen-bond donors (Lipinski definition) is 2. The van der Waals surface area contributed by atoms with Crippen molar-refractivity contribution in [3.8, 4) is 0 Å². The van der Waals surface area contributed by atoms with Crippen molar-refractivity contribution in [2.45, 2.75) is 70.6 Å². The molecule has 5 nitrogen and oxygen atoms in total. The SMILES string of the molecule is COCC(CCCNC(=O)OC(C)(C)C)NC1CCC1. The van der Waals surface area contributed by atoms with Crippen LogP contribution in [-0.4, -0.2) is 44.0 Å². The molecule has 0 aromatic heterocycles. The molecule has 1 rings (SSSR count). The molecule has 1 atom stereocenters. The van der Waals surface area contributed by atoms with E-state index in [4.69, 9.17) is 9.47 Å². The predicted octanol–water partition coefficient (Wildman–Crippen LogP) is 2.45. The molecule has 118 valence electrons. The highest BCUT2D eigenvalue weighted by Crippen LogP contribution is 2.19. The lowest BCUT2D eigenvalue weighted by Gasteiger charge is -2.31. The zero-order chi connectivity index (χ0) is 15.0. The lowest BCUT2D eigenvalue weighted by Crippen LogP contribution is -2.44. The van der Waals surface area contributed by atoms with E-state index in [1.165, 1.54) is 19.3 Å². The Morgan fingerprint density at radius 1 is 1.35 bits per heavy atom. The minimum Gasteiger partial charge on any atom is -0.444 e. The molecule has 1 aliphatic rings. The van der Waals surface area contributed by atoms with Crippen LogP contribution in [0.2, 0.25) is 0 Å². The van der Waals surface area contributed by atoms with E-state index in [1.807, 2.05) is 20.8 Å². The van der Waals surface area contributed by atoms with Crippen LogP contribution in [0.15, 0.2) is 0 Å². The third-order valence-electron chi connectivity index (χ3n) is 3.34. The van der Waals surface area contributed by atoms with E-state index in [0.717, 1.165) is 19.4 Å². The number of hydrogen-bond acceptors (Lipinski definition) is 4. The van der Waals surface area contributed by atoms with Gasteiger partial charge in [-0.15, -0.1) is 0 Å². The van der Waals surface area contributed by atoms with Gasteiger partial charge >= 0.3 is 6.09 Å². The average Bonchev–Trinajstić information content (AvgIpc) is 2.26. The number of carbonyl (C=O) groups excluding carboxylic acids is 1. The molecule has 5 heteroatoms. The molecule has 0 heterocycles. The van der Waals surface area contributed by atoms with E-state index in [1.54, 1.807) is 7.11 Å². The Hall–Kier alpha value is -0.810. The molecule has 0 aromatic carbocycles. The van der Waals surface area contributed by atoms with Crippen molar-refractivity contribution in [3.63, 3.8) is 0 Å². The fraction of sp³-hybridized carbons (Fsp3) is 0.933. The number of amides is 1. The molecule has 0 saturated heterocycles. The maximum atomic E-state index is 11.5. The smallest absolute Gasteiger partial charge is 0.407 e. The first-order valence-corrected chi connectivity index (χ1v) is 7.62. The van der Waals surface area contributed by atoms with E-state index >= 15 is 0 Å². The van der Waals surface area contributed by atoms with Gasteiger partial charge in [0.2, 0.25) is 0 Å². The van der Waals surface area contributed by atoms with Crippen LogP contribution in [0.4, 0.5) is 4.79 Å². The van der Waals surface area contributed by atoms with Crippen LogP contribution in [0.1, 0.15) is 52.9 Å². The van der Waals surface area contributed by atoms with Gasteiger partial charge in [-0.3, -0.25) is 0 Å². The van der Waals surface area contributed by atoms with Crippen LogP contribution in [0.25, 0.3) is 0 Å². The Morgan fingerprint density at radius 2 is 2.05 bits per heavy atom. The fourth-order valence-corrected chi connectivity index (χ4v) is 2.18. The second kappa shape index (κ2) is 8.47. The summed E-state index contributed by atoms with van der Waals surface area (Å²) in [6.45, 7) is 6.96. The third-order valence-corrected chi connectivity index (χ3v) is 3.34. The highest BCUT2D eigenvalue weighted by atomic mass is 16.6. The van der Waals surface area contributed by atoms with Gasteiger partial charge in [0.05, 0.1) is 6.61 Å². The summed E-state index contributed by atoms with van der Waals surface area (Å²) in [5.41, 5.74) is -0.436. The Morgan fingerprint density at radius 3 is 2.55 bits per heavy atom. The second-order valence-electron chi connectivity index (χ2n) is 6.52. The summed E-state index contributed by atoms with van der Waals surface area (Å²) >= 11 is 0. The van der Waals surface area contributed by atoms with E-state index in [2.05, 4.69) is 10.6 Å². The number of nitrogens with one attached hydrogen (secondary N) is 2. The number of alkyl carbamates (subject to hydrolysis) is 1. The van der Waals surface area contributed by atoms with Crippen LogP contribution < -0.4 is 10.6 Å². The summed E-state index contributed by atoms with van der Waals surface area (Å²) in [6, 6.07) is 1.04. The zero-order valence-electron chi connectivity index (χ0n) is 13.3. The van der Waals surface area contributed by atoms with Crippen molar-refractivity contribution in [3.05, 3.63) is 0 Å². The molecular weight excluding hydrogens is 256 g/mol. The van der Waals surface area contributed by atoms with Crippen LogP contribution in [0.3, 0.4) is 0 Å². The van der Waals surface area contributed by atoms with E-state index < -0.39 is 5.60 Å². The number of rotatable bonds is 8. The van der Waals surface area contributed by atoms with Crippen molar-refractivity contribution < 1.29 is 14.3 Å². The molecule has 0 spiro atoms. The van der Waals surface area contributed by atoms with Crippen molar-refractivity contribution in [1.82, 2.24) is 10.6 Å². The first-order valence-electron chi connectivity index (χ1n) is 7.62. The van der Waals surface area contributed by atoms with Crippen molar-refractivity contribution in [1.29, 1.82) is 0 Å². The zero-order valence-corrected chi connectivity index (χ0v) is 13.3. The Kier molecular flexibility index (Phi) is 7.30. The maximum Gasteiger partial charge on any atom is 0.407 e. The van der Waals surface area contributed by atoms with E-state index in [0.29, 0.717) is 18.6 Å². The minimum absolute atomic E-state index is 0.340. The summed E-state index contributed by atoms with van der Waals surface area (Å²) in [5, 5.41) is 6.40. The van der Waals surface area contributed by atoms with Gasteiger partial charge in [-0.05, 0) is 46.5 Å². The molecular formula is C15H30N2O3. The Balaban J connectivity index is 2.11. The summed E-state index contributed by atoms with van der Waals surface area (Å²) in [7, 11) is 1.73. The summed E-state index contributed by atoms with van der Waals surface area (Å²) in [5.74, 6) is 0. The molecule has 2 N–H and O–H groups in total. The van der Waals surface area contributed by atoms with Gasteiger partial charge in [-0.25, -0.2) is 4.79 Å². The molecule has 1 fully saturated rings. The Labute approximate surface area is 122 Å². The van der Waals surface area contributed by atoms with Crippen molar-refractivity contribution >= 4 is 6.09 Å². The van der Waals surface area contributed by atoms with E-state index in [-0.39, 0.29) is 6.09 Å². The van der Waals surface area contributed by atoms with Gasteiger partial charge < -0.3 is 20.1 Å². The minimum atomic E-state index is -0.436. The molecule has 20 heavy (non-hydrogen) atoms. The lowest BCUT2D eigenvalue weighted by molar-refractivity contribution is 0.0525. The molecule has 0 radical (unpaired) electrons. The van der Waals surface area contributed by atoms with Gasteiger partial charge in [0.25, 0.3) is 0 Å². The van der Waals surface area contributed by atoms with Crippen LogP contribution in [-0.2, 0) is 9.47 Å². The number of methoxy groups -OCH3 is 1. The topological polar surface area (TPSA) is 59.6 Å². The third kappa shape index (κ3) is 7.70. The molecule has 1 saturated carbocycles. The van der Waals surface area contributed by atoms with Crippen LogP contribution >= 0.6 is 0 Å². The summed E-state index contributed by atoms with van der Waals surface area (Å²) in [4.78, 5) is 11.5. The highest BCUT2D eigenvalue weighted by Gasteiger charge is 2.21. The van der Waals surface area contributed by atoms with Gasteiger partial charge in [0.15, 0.2) is 0 Å². The average molecular weight is 286 g/mol. The lowest BCUT2D eigenvalue weighted by atomic mass is 9.92. The normalized spacial score (nSPS) is 17.4. The molecule has 0 aliphatic heterocycles. The molecule has 1 unspecified atom stereocenters. The summed E-state index contributed by atoms with van der Waals surface area (Å²) in [6.07, 6.45) is 5.46. The maximum absolute atomic E-state index is 11.5. The Bertz CT molecular complexity index is 285. The number of carbonyl (C=O) groups is 1. The predicted molar refractivity (Wildman–Crippen MR) is 79.9 cm³/mol. The van der Waals surface area contributed by atoms with E-state index in [9.17, 15) is 4.79 Å². The van der Waals surface area contributed by atoms with Crippen LogP contribution in [0, 0.1) is 0 Å². The van der Waals surface area contributed by atoms with Gasteiger partial charge in [0.1, 0.15) is 5.60 Å². The largest absolute Gasteiger partial charge is 0.444 e. The van der Waals surface area contributed by atoms with Gasteiger partial charge in [-0.2, -0.15) is 0 Å². The molecule has 0 aromatic rings. The first kappa shape index (κ1) is 17.2. The van der Waals surface area contributed by atoms with Crippen LogP contribution in [0.5, 0.6) is 0 Å². The highest BCUT2D eigenvalue weighted by molar-refractivity contribution is 5.67. The summed E-state index contributed by atoms with van der Waals surface area (Å²) < 4.78 is 10.4. The first-order chi connectivity index (χ1) is 9.40. The van der Waals surface area contributed by atoms with Gasteiger partial charge in [-0.1, -0.05) is 6.42 Å². The molecule has 0 bridgehead atoms.